The topological polar surface area (TPSA) is 96.4 Å². The molecule has 1 aromatic carbocycles. The van der Waals surface area contributed by atoms with Gasteiger partial charge in [-0.1, -0.05) is 49.4 Å². The zero-order valence-corrected chi connectivity index (χ0v) is 21.6. The van der Waals surface area contributed by atoms with Crippen LogP contribution in [0.3, 0.4) is 0 Å². The molecule has 4 rings (SSSR count). The van der Waals surface area contributed by atoms with Crippen molar-refractivity contribution in [3.63, 3.8) is 0 Å². The molecule has 3 saturated heterocycles. The van der Waals surface area contributed by atoms with E-state index in [2.05, 4.69) is 13.2 Å². The lowest BCUT2D eigenvalue weighted by Crippen LogP contribution is -2.56. The molecule has 3 aliphatic heterocycles. The van der Waals surface area contributed by atoms with Gasteiger partial charge in [0.1, 0.15) is 17.6 Å². The molecule has 37 heavy (non-hydrogen) atoms. The van der Waals surface area contributed by atoms with E-state index < -0.39 is 35.0 Å². The number of hydrogen-bond donors (Lipinski definition) is 1. The molecule has 1 N–H and O–H groups in total. The lowest BCUT2D eigenvalue weighted by Gasteiger charge is -2.37. The molecule has 3 aliphatic rings. The predicted octanol–water partition coefficient (Wildman–Crippen LogP) is 2.86. The van der Waals surface area contributed by atoms with Crippen molar-refractivity contribution in [2.24, 2.45) is 11.8 Å². The molecule has 0 radical (unpaired) electrons. The lowest BCUT2D eigenvalue weighted by molar-refractivity contribution is -0.162. The van der Waals surface area contributed by atoms with Gasteiger partial charge >= 0.3 is 5.97 Å². The van der Waals surface area contributed by atoms with Gasteiger partial charge in [-0.25, -0.2) is 0 Å². The molecule has 2 amide bonds. The van der Waals surface area contributed by atoms with Gasteiger partial charge in [0.05, 0.1) is 18.1 Å². The lowest BCUT2D eigenvalue weighted by atomic mass is 9.65. The summed E-state index contributed by atoms with van der Waals surface area (Å²) in [7, 11) is 0. The van der Waals surface area contributed by atoms with Crippen molar-refractivity contribution < 1.29 is 29.0 Å². The highest BCUT2D eigenvalue weighted by Crippen LogP contribution is 2.64. The highest BCUT2D eigenvalue weighted by atomic mass is 16.6. The second-order valence-corrected chi connectivity index (χ2v) is 10.2. The van der Waals surface area contributed by atoms with Crippen LogP contribution in [0.1, 0.15) is 44.6 Å². The number of hydrogen-bond acceptors (Lipinski definition) is 6. The van der Waals surface area contributed by atoms with Crippen molar-refractivity contribution in [3.05, 3.63) is 61.2 Å². The molecule has 2 bridgehead atoms. The number of likely N-dealkylation sites (tertiary alicyclic amines) is 1. The maximum absolute atomic E-state index is 14.3. The molecule has 2 unspecified atom stereocenters. The Morgan fingerprint density at radius 2 is 2.00 bits per heavy atom. The first-order valence-corrected chi connectivity index (χ1v) is 13.2. The Morgan fingerprint density at radius 3 is 2.65 bits per heavy atom. The number of rotatable bonds is 13. The van der Waals surface area contributed by atoms with Crippen molar-refractivity contribution in [1.29, 1.82) is 0 Å². The Balaban J connectivity index is 1.72. The SMILES string of the molecule is C=CCCOC(=O)[C@@H]1[C@H]2C(=O)N(CCCO)C(C(=O)N(CC=C)Cc3ccccc3)C23CC[C@@]1(CC)O3. The zero-order valence-electron chi connectivity index (χ0n) is 21.6. The fraction of sp³-hybridized carbons (Fsp3) is 0.552. The number of nitrogens with zero attached hydrogens (tertiary/aromatic N) is 2. The number of amides is 2. The third kappa shape index (κ3) is 4.61. The first-order chi connectivity index (χ1) is 17.9. The third-order valence-corrected chi connectivity index (χ3v) is 8.17. The van der Waals surface area contributed by atoms with Crippen molar-refractivity contribution >= 4 is 17.8 Å². The Labute approximate surface area is 218 Å². The minimum absolute atomic E-state index is 0.116. The highest BCUT2D eigenvalue weighted by molar-refractivity contribution is 5.98. The maximum Gasteiger partial charge on any atom is 0.312 e. The molecule has 5 atom stereocenters. The number of aliphatic hydroxyl groups is 1. The average Bonchev–Trinajstić information content (AvgIpc) is 3.51. The van der Waals surface area contributed by atoms with E-state index in [4.69, 9.17) is 9.47 Å². The van der Waals surface area contributed by atoms with Crippen LogP contribution in [0.15, 0.2) is 55.6 Å². The Kier molecular flexibility index (Phi) is 8.19. The van der Waals surface area contributed by atoms with E-state index in [9.17, 15) is 19.5 Å². The van der Waals surface area contributed by atoms with Gasteiger partial charge in [-0.3, -0.25) is 14.4 Å². The molecular formula is C29H38N2O6. The molecule has 0 saturated carbocycles. The van der Waals surface area contributed by atoms with Crippen LogP contribution in [0.4, 0.5) is 0 Å². The van der Waals surface area contributed by atoms with Crippen LogP contribution in [0.25, 0.3) is 0 Å². The number of fused-ring (bicyclic) bond motifs is 1. The molecule has 0 aliphatic carbocycles. The van der Waals surface area contributed by atoms with Crippen molar-refractivity contribution in [2.75, 3.05) is 26.3 Å². The third-order valence-electron chi connectivity index (χ3n) is 8.17. The first-order valence-electron chi connectivity index (χ1n) is 13.2. The van der Waals surface area contributed by atoms with Crippen molar-refractivity contribution in [2.45, 2.75) is 62.8 Å². The summed E-state index contributed by atoms with van der Waals surface area (Å²) in [4.78, 5) is 44.9. The van der Waals surface area contributed by atoms with Gasteiger partial charge in [-0.2, -0.15) is 0 Å². The molecule has 3 fully saturated rings. The smallest absolute Gasteiger partial charge is 0.312 e. The maximum atomic E-state index is 14.3. The van der Waals surface area contributed by atoms with Gasteiger partial charge in [-0.05, 0) is 37.7 Å². The summed E-state index contributed by atoms with van der Waals surface area (Å²) in [5.41, 5.74) is -0.989. The molecular weight excluding hydrogens is 472 g/mol. The van der Waals surface area contributed by atoms with E-state index in [-0.39, 0.29) is 31.6 Å². The summed E-state index contributed by atoms with van der Waals surface area (Å²) in [6, 6.07) is 8.77. The Bertz CT molecular complexity index is 1030. The van der Waals surface area contributed by atoms with Crippen LogP contribution >= 0.6 is 0 Å². The summed E-state index contributed by atoms with van der Waals surface area (Å²) in [5, 5.41) is 9.54. The summed E-state index contributed by atoms with van der Waals surface area (Å²) in [6.45, 7) is 10.4. The van der Waals surface area contributed by atoms with Crippen LogP contribution in [-0.2, 0) is 30.4 Å². The standard InChI is InChI=1S/C29H38N2O6/c1-4-7-19-36-27(35)23-22-25(33)31(17-11-18-32)24(29(22)15-14-28(23,6-3)37-29)26(34)30(16-5-2)20-21-12-9-8-10-13-21/h4-5,8-10,12-13,22-24,32H,1-2,6-7,11,14-20H2,3H3/t22-,23-,24?,28+,29?/m0/s1. The molecule has 3 heterocycles. The minimum atomic E-state index is -1.11. The quantitative estimate of drug-likeness (QED) is 0.249. The van der Waals surface area contributed by atoms with Crippen LogP contribution in [0.2, 0.25) is 0 Å². The second kappa shape index (κ2) is 11.2. The van der Waals surface area contributed by atoms with E-state index in [1.165, 1.54) is 0 Å². The molecule has 8 heteroatoms. The van der Waals surface area contributed by atoms with E-state index in [0.29, 0.717) is 45.2 Å². The number of benzene rings is 1. The number of esters is 1. The fourth-order valence-corrected chi connectivity index (χ4v) is 6.54. The van der Waals surface area contributed by atoms with Crippen LogP contribution in [0.5, 0.6) is 0 Å². The van der Waals surface area contributed by atoms with Gasteiger partial charge in [0.15, 0.2) is 0 Å². The Hall–Kier alpha value is -2.97. The van der Waals surface area contributed by atoms with E-state index in [1.807, 2.05) is 37.3 Å². The van der Waals surface area contributed by atoms with Crippen LogP contribution < -0.4 is 0 Å². The number of aliphatic hydroxyl groups excluding tert-OH is 1. The normalized spacial score (nSPS) is 29.7. The van der Waals surface area contributed by atoms with Gasteiger partial charge in [0.25, 0.3) is 0 Å². The zero-order chi connectivity index (χ0) is 26.6. The van der Waals surface area contributed by atoms with E-state index in [1.54, 1.807) is 22.0 Å². The van der Waals surface area contributed by atoms with E-state index >= 15 is 0 Å². The number of ether oxygens (including phenoxy) is 2. The molecule has 8 nitrogen and oxygen atoms in total. The van der Waals surface area contributed by atoms with Gasteiger partial charge in [-0.15, -0.1) is 13.2 Å². The highest BCUT2D eigenvalue weighted by Gasteiger charge is 2.79. The van der Waals surface area contributed by atoms with E-state index in [0.717, 1.165) is 5.56 Å². The van der Waals surface area contributed by atoms with Gasteiger partial charge in [0, 0.05) is 26.2 Å². The summed E-state index contributed by atoms with van der Waals surface area (Å²) in [6.07, 6.45) is 5.81. The molecule has 1 spiro atoms. The monoisotopic (exact) mass is 510 g/mol. The van der Waals surface area contributed by atoms with Crippen molar-refractivity contribution in [3.8, 4) is 0 Å². The first kappa shape index (κ1) is 27.1. The molecule has 200 valence electrons. The molecule has 0 aromatic heterocycles. The number of carbonyl (C=O) groups excluding carboxylic acids is 3. The van der Waals surface area contributed by atoms with Crippen LogP contribution in [-0.4, -0.2) is 76.2 Å². The van der Waals surface area contributed by atoms with Gasteiger partial charge in [0.2, 0.25) is 11.8 Å². The number of carbonyl (C=O) groups is 3. The summed E-state index contributed by atoms with van der Waals surface area (Å²) < 4.78 is 12.3. The van der Waals surface area contributed by atoms with Crippen LogP contribution in [0, 0.1) is 11.8 Å². The Morgan fingerprint density at radius 1 is 1.24 bits per heavy atom. The summed E-state index contributed by atoms with van der Waals surface area (Å²) >= 11 is 0. The largest absolute Gasteiger partial charge is 0.465 e. The molecule has 1 aromatic rings. The second-order valence-electron chi connectivity index (χ2n) is 10.2. The predicted molar refractivity (Wildman–Crippen MR) is 138 cm³/mol. The van der Waals surface area contributed by atoms with Crippen molar-refractivity contribution in [1.82, 2.24) is 9.80 Å². The fourth-order valence-electron chi connectivity index (χ4n) is 6.54. The minimum Gasteiger partial charge on any atom is -0.465 e. The summed E-state index contributed by atoms with van der Waals surface area (Å²) in [5.74, 6) is -2.53. The average molecular weight is 511 g/mol. The van der Waals surface area contributed by atoms with Gasteiger partial charge < -0.3 is 24.4 Å².